The molecule has 1 unspecified atom stereocenters. The zero-order valence-electron chi connectivity index (χ0n) is 8.54. The Balaban J connectivity index is 2.77. The van der Waals surface area contributed by atoms with Gasteiger partial charge in [-0.3, -0.25) is 9.00 Å². The van der Waals surface area contributed by atoms with Gasteiger partial charge in [-0.2, -0.15) is 0 Å². The number of hydrogen-bond donors (Lipinski definition) is 0. The number of rotatable bonds is 4. The van der Waals surface area contributed by atoms with Crippen molar-refractivity contribution in [3.63, 3.8) is 0 Å². The van der Waals surface area contributed by atoms with Gasteiger partial charge in [0.15, 0.2) is 0 Å². The van der Waals surface area contributed by atoms with E-state index in [1.807, 2.05) is 0 Å². The van der Waals surface area contributed by atoms with Gasteiger partial charge < -0.3 is 4.74 Å². The molecule has 3 nitrogen and oxygen atoms in total. The van der Waals surface area contributed by atoms with Gasteiger partial charge in [0.2, 0.25) is 0 Å². The highest BCUT2D eigenvalue weighted by atomic mass is 35.5. The molecule has 0 spiro atoms. The summed E-state index contributed by atoms with van der Waals surface area (Å²) in [7, 11) is -0.108. The molecule has 1 rings (SSSR count). The molecular weight excluding hydrogens is 271 g/mol. The van der Waals surface area contributed by atoms with Crippen LogP contribution in [0.4, 0.5) is 0 Å². The molecule has 0 aliphatic carbocycles. The summed E-state index contributed by atoms with van der Waals surface area (Å²) in [5.74, 6) is -0.257. The van der Waals surface area contributed by atoms with Gasteiger partial charge in [-0.15, -0.1) is 0 Å². The van der Waals surface area contributed by atoms with Crippen molar-refractivity contribution in [3.8, 4) is 0 Å². The predicted octanol–water partition coefficient (Wildman–Crippen LogP) is 2.66. The number of halogens is 2. The fourth-order valence-corrected chi connectivity index (χ4v) is 3.12. The summed E-state index contributed by atoms with van der Waals surface area (Å²) in [4.78, 5) is 11.3. The predicted molar refractivity (Wildman–Crippen MR) is 64.4 cm³/mol. The monoisotopic (exact) mass is 280 g/mol. The zero-order chi connectivity index (χ0) is 12.1. The van der Waals surface area contributed by atoms with Crippen molar-refractivity contribution < 1.29 is 13.7 Å². The second-order valence-electron chi connectivity index (χ2n) is 2.93. The number of methoxy groups -OCH3 is 1. The highest BCUT2D eigenvalue weighted by Gasteiger charge is 2.14. The third-order valence-electron chi connectivity index (χ3n) is 1.87. The first-order chi connectivity index (χ1) is 7.56. The second-order valence-corrected chi connectivity index (χ2v) is 5.25. The average Bonchev–Trinajstić information content (AvgIpc) is 2.25. The number of esters is 1. The lowest BCUT2D eigenvalue weighted by Crippen LogP contribution is -2.08. The van der Waals surface area contributed by atoms with Crippen molar-refractivity contribution >= 4 is 40.0 Å². The first-order valence-electron chi connectivity index (χ1n) is 4.45. The summed E-state index contributed by atoms with van der Waals surface area (Å²) in [6, 6.07) is 4.89. The van der Waals surface area contributed by atoms with Gasteiger partial charge in [0, 0.05) is 5.75 Å². The Morgan fingerprint density at radius 2 is 1.94 bits per heavy atom. The molecule has 0 N–H and O–H groups in total. The number of carbonyl (C=O) groups is 1. The third kappa shape index (κ3) is 3.47. The highest BCUT2D eigenvalue weighted by molar-refractivity contribution is 7.85. The van der Waals surface area contributed by atoms with E-state index in [0.29, 0.717) is 14.9 Å². The van der Waals surface area contributed by atoms with Crippen LogP contribution in [0.15, 0.2) is 23.1 Å². The normalized spacial score (nSPS) is 12.2. The van der Waals surface area contributed by atoms with E-state index in [1.54, 1.807) is 18.2 Å². The maximum Gasteiger partial charge on any atom is 0.306 e. The molecule has 0 saturated heterocycles. The maximum absolute atomic E-state index is 11.8. The summed E-state index contributed by atoms with van der Waals surface area (Å²) in [5.41, 5.74) is 0. The average molecular weight is 281 g/mol. The fourth-order valence-electron chi connectivity index (χ4n) is 1.08. The largest absolute Gasteiger partial charge is 0.469 e. The lowest BCUT2D eigenvalue weighted by atomic mass is 10.4. The van der Waals surface area contributed by atoms with Gasteiger partial charge in [-0.05, 0) is 12.1 Å². The van der Waals surface area contributed by atoms with Crippen LogP contribution >= 0.6 is 23.2 Å². The molecule has 0 bridgehead atoms. The lowest BCUT2D eigenvalue weighted by molar-refractivity contribution is -0.140. The van der Waals surface area contributed by atoms with Crippen LogP contribution < -0.4 is 0 Å². The quantitative estimate of drug-likeness (QED) is 0.797. The number of ether oxygens (including phenoxy) is 1. The molecule has 0 fully saturated rings. The Labute approximate surface area is 106 Å². The van der Waals surface area contributed by atoms with E-state index in [-0.39, 0.29) is 12.2 Å². The van der Waals surface area contributed by atoms with Gasteiger partial charge in [0.25, 0.3) is 0 Å². The first-order valence-corrected chi connectivity index (χ1v) is 6.53. The SMILES string of the molecule is COC(=O)CCS(=O)c1c(Cl)cccc1Cl. The van der Waals surface area contributed by atoms with Crippen molar-refractivity contribution in [1.29, 1.82) is 0 Å². The Morgan fingerprint density at radius 1 is 1.38 bits per heavy atom. The minimum absolute atomic E-state index is 0.0741. The van der Waals surface area contributed by atoms with Crippen LogP contribution in [0.5, 0.6) is 0 Å². The van der Waals surface area contributed by atoms with Crippen LogP contribution in [0, 0.1) is 0 Å². The van der Waals surface area contributed by atoms with Crippen molar-refractivity contribution in [2.45, 2.75) is 11.3 Å². The van der Waals surface area contributed by atoms with E-state index >= 15 is 0 Å². The van der Waals surface area contributed by atoms with E-state index in [4.69, 9.17) is 23.2 Å². The topological polar surface area (TPSA) is 43.4 Å². The van der Waals surface area contributed by atoms with E-state index in [2.05, 4.69) is 4.74 Å². The second kappa shape index (κ2) is 6.23. The van der Waals surface area contributed by atoms with Gasteiger partial charge >= 0.3 is 5.97 Å². The van der Waals surface area contributed by atoms with Crippen LogP contribution in [-0.2, 0) is 20.3 Å². The fraction of sp³-hybridized carbons (Fsp3) is 0.300. The molecule has 0 saturated carbocycles. The van der Waals surface area contributed by atoms with Gasteiger partial charge in [0.05, 0.1) is 39.3 Å². The summed E-state index contributed by atoms with van der Waals surface area (Å²) in [6.07, 6.45) is 0.0741. The maximum atomic E-state index is 11.8. The van der Waals surface area contributed by atoms with Crippen LogP contribution in [-0.4, -0.2) is 23.0 Å². The van der Waals surface area contributed by atoms with Crippen LogP contribution in [0.1, 0.15) is 6.42 Å². The molecule has 16 heavy (non-hydrogen) atoms. The molecule has 0 heterocycles. The van der Waals surface area contributed by atoms with Crippen LogP contribution in [0.2, 0.25) is 10.0 Å². The summed E-state index contributed by atoms with van der Waals surface area (Å²) in [5, 5.41) is 0.686. The zero-order valence-corrected chi connectivity index (χ0v) is 10.9. The Bertz CT molecular complexity index is 400. The molecule has 0 aliphatic heterocycles. The van der Waals surface area contributed by atoms with Crippen LogP contribution in [0.25, 0.3) is 0 Å². The molecule has 88 valence electrons. The number of benzene rings is 1. The molecule has 1 aromatic rings. The lowest BCUT2D eigenvalue weighted by Gasteiger charge is -2.05. The Kier molecular flexibility index (Phi) is 5.25. The standard InChI is InChI=1S/C10H10Cl2O3S/c1-15-9(13)5-6-16(14)10-7(11)3-2-4-8(10)12/h2-4H,5-6H2,1H3. The third-order valence-corrected chi connectivity index (χ3v) is 4.19. The van der Waals surface area contributed by atoms with Crippen molar-refractivity contribution in [3.05, 3.63) is 28.2 Å². The number of carbonyl (C=O) groups excluding carboxylic acids is 1. The first kappa shape index (κ1) is 13.5. The summed E-state index contributed by atoms with van der Waals surface area (Å²) >= 11 is 11.8. The van der Waals surface area contributed by atoms with E-state index in [1.165, 1.54) is 7.11 Å². The molecule has 1 atom stereocenters. The summed E-state index contributed by atoms with van der Waals surface area (Å²) < 4.78 is 16.3. The molecule has 0 amide bonds. The minimum Gasteiger partial charge on any atom is -0.469 e. The minimum atomic E-state index is -1.39. The molecule has 0 aromatic heterocycles. The molecule has 1 aromatic carbocycles. The van der Waals surface area contributed by atoms with Gasteiger partial charge in [0.1, 0.15) is 0 Å². The molecule has 6 heteroatoms. The van der Waals surface area contributed by atoms with Crippen LogP contribution in [0.3, 0.4) is 0 Å². The van der Waals surface area contributed by atoms with Crippen molar-refractivity contribution in [2.75, 3.05) is 12.9 Å². The van der Waals surface area contributed by atoms with E-state index in [0.717, 1.165) is 0 Å². The highest BCUT2D eigenvalue weighted by Crippen LogP contribution is 2.27. The summed E-state index contributed by atoms with van der Waals surface area (Å²) in [6.45, 7) is 0. The molecule has 0 aliphatic rings. The van der Waals surface area contributed by atoms with Crippen molar-refractivity contribution in [1.82, 2.24) is 0 Å². The Morgan fingerprint density at radius 3 is 2.44 bits per heavy atom. The Hall–Kier alpha value is -0.580. The molecule has 0 radical (unpaired) electrons. The van der Waals surface area contributed by atoms with Gasteiger partial charge in [-0.1, -0.05) is 29.3 Å². The number of hydrogen-bond acceptors (Lipinski definition) is 3. The van der Waals surface area contributed by atoms with E-state index < -0.39 is 16.8 Å². The van der Waals surface area contributed by atoms with Crippen molar-refractivity contribution in [2.24, 2.45) is 0 Å². The van der Waals surface area contributed by atoms with Gasteiger partial charge in [-0.25, -0.2) is 0 Å². The molecular formula is C10H10Cl2O3S. The van der Waals surface area contributed by atoms with E-state index in [9.17, 15) is 9.00 Å². The smallest absolute Gasteiger partial charge is 0.306 e.